The fourth-order valence-corrected chi connectivity index (χ4v) is 4.66. The molecule has 2 aromatic heterocycles. The molecule has 6 nitrogen and oxygen atoms in total. The number of hydrogen-bond donors (Lipinski definition) is 0. The number of thiazole rings is 1. The normalized spacial score (nSPS) is 14.4. The van der Waals surface area contributed by atoms with Crippen LogP contribution in [0.3, 0.4) is 0 Å². The Kier molecular flexibility index (Phi) is 7.98. The number of nitrogens with zero attached hydrogens (tertiary/aromatic N) is 4. The third kappa shape index (κ3) is 6.22. The average Bonchev–Trinajstić information content (AvgIpc) is 3.30. The van der Waals surface area contributed by atoms with Crippen LogP contribution in [0.15, 0.2) is 54.2 Å². The smallest absolute Gasteiger partial charge is 0.228 e. The molecule has 1 aliphatic rings. The molecular formula is C25H30N4O2S. The van der Waals surface area contributed by atoms with E-state index in [0.717, 1.165) is 55.5 Å². The zero-order chi connectivity index (χ0) is 22.2. The summed E-state index contributed by atoms with van der Waals surface area (Å²) in [5.41, 5.74) is 4.44. The van der Waals surface area contributed by atoms with Gasteiger partial charge in [0.1, 0.15) is 5.01 Å². The molecule has 3 heterocycles. The number of pyridine rings is 1. The van der Waals surface area contributed by atoms with E-state index in [-0.39, 0.29) is 5.91 Å². The lowest BCUT2D eigenvalue weighted by Crippen LogP contribution is -2.35. The molecule has 0 N–H and O–H groups in total. The molecule has 0 spiro atoms. The highest BCUT2D eigenvalue weighted by Crippen LogP contribution is 2.25. The highest BCUT2D eigenvalue weighted by Gasteiger charge is 2.15. The molecule has 0 aliphatic carbocycles. The number of likely N-dealkylation sites (N-methyl/N-ethyl adjacent to an activating group) is 1. The molecule has 7 heteroatoms. The Hall–Kier alpha value is -2.61. The summed E-state index contributed by atoms with van der Waals surface area (Å²) in [6.45, 7) is 8.00. The van der Waals surface area contributed by atoms with Crippen LogP contribution in [0.1, 0.15) is 23.7 Å². The number of benzene rings is 1. The summed E-state index contributed by atoms with van der Waals surface area (Å²) in [7, 11) is 0. The van der Waals surface area contributed by atoms with Crippen LogP contribution in [-0.4, -0.2) is 65.1 Å². The van der Waals surface area contributed by atoms with Crippen LogP contribution in [0.5, 0.6) is 0 Å². The summed E-state index contributed by atoms with van der Waals surface area (Å²) in [6, 6.07) is 12.6. The number of aromatic nitrogens is 2. The monoisotopic (exact) mass is 450 g/mol. The van der Waals surface area contributed by atoms with E-state index < -0.39 is 0 Å². The third-order valence-electron chi connectivity index (χ3n) is 5.75. The molecule has 0 bridgehead atoms. The number of ether oxygens (including phenoxy) is 1. The lowest BCUT2D eigenvalue weighted by atomic mass is 10.1. The van der Waals surface area contributed by atoms with Crippen molar-refractivity contribution >= 4 is 17.2 Å². The van der Waals surface area contributed by atoms with Crippen molar-refractivity contribution in [2.24, 2.45) is 0 Å². The molecule has 4 rings (SSSR count). The van der Waals surface area contributed by atoms with Crippen molar-refractivity contribution in [2.75, 3.05) is 39.4 Å². The number of hydrogen-bond acceptors (Lipinski definition) is 6. The van der Waals surface area contributed by atoms with E-state index in [0.29, 0.717) is 19.5 Å². The second kappa shape index (κ2) is 11.3. The summed E-state index contributed by atoms with van der Waals surface area (Å²) in [6.07, 6.45) is 4.76. The Morgan fingerprint density at radius 3 is 2.56 bits per heavy atom. The highest BCUT2D eigenvalue weighted by molar-refractivity contribution is 7.13. The molecule has 1 fully saturated rings. The fraction of sp³-hybridized carbons (Fsp3) is 0.400. The molecule has 32 heavy (non-hydrogen) atoms. The standard InChI is InChI=1S/C25H30N4O2S/c1-2-29(12-9-20-7-10-26-11-8-20)24(30)17-23-19-32-25(27-23)22-5-3-21(4-6-22)18-28-13-15-31-16-14-28/h3-8,10-11,19H,2,9,12-18H2,1H3. The number of amides is 1. The molecule has 1 amide bonds. The maximum absolute atomic E-state index is 12.8. The fourth-order valence-electron chi connectivity index (χ4n) is 3.83. The van der Waals surface area contributed by atoms with Gasteiger partial charge in [-0.1, -0.05) is 24.3 Å². The Balaban J connectivity index is 1.31. The largest absolute Gasteiger partial charge is 0.379 e. The van der Waals surface area contributed by atoms with E-state index in [4.69, 9.17) is 9.72 Å². The van der Waals surface area contributed by atoms with Gasteiger partial charge in [-0.25, -0.2) is 4.98 Å². The zero-order valence-corrected chi connectivity index (χ0v) is 19.4. The first-order valence-electron chi connectivity index (χ1n) is 11.2. The van der Waals surface area contributed by atoms with Gasteiger partial charge in [0.05, 0.1) is 25.3 Å². The molecular weight excluding hydrogens is 420 g/mol. The molecule has 0 saturated carbocycles. The lowest BCUT2D eigenvalue weighted by molar-refractivity contribution is -0.130. The van der Waals surface area contributed by atoms with Crippen LogP contribution in [0.4, 0.5) is 0 Å². The SMILES string of the molecule is CCN(CCc1ccncc1)C(=O)Cc1csc(-c2ccc(CN3CCOCC3)cc2)n1. The molecule has 0 atom stereocenters. The van der Waals surface area contributed by atoms with E-state index in [9.17, 15) is 4.79 Å². The van der Waals surface area contributed by atoms with Gasteiger partial charge in [-0.2, -0.15) is 0 Å². The second-order valence-corrected chi connectivity index (χ2v) is 8.84. The first-order valence-corrected chi connectivity index (χ1v) is 12.1. The highest BCUT2D eigenvalue weighted by atomic mass is 32.1. The van der Waals surface area contributed by atoms with Gasteiger partial charge in [-0.05, 0) is 36.6 Å². The van der Waals surface area contributed by atoms with Crippen LogP contribution in [0.2, 0.25) is 0 Å². The number of carbonyl (C=O) groups is 1. The van der Waals surface area contributed by atoms with Crippen LogP contribution in [0, 0.1) is 0 Å². The molecule has 0 radical (unpaired) electrons. The van der Waals surface area contributed by atoms with Gasteiger partial charge >= 0.3 is 0 Å². The molecule has 0 unspecified atom stereocenters. The topological polar surface area (TPSA) is 58.6 Å². The molecule has 1 aliphatic heterocycles. The molecule has 3 aromatic rings. The van der Waals surface area contributed by atoms with Crippen LogP contribution < -0.4 is 0 Å². The summed E-state index contributed by atoms with van der Waals surface area (Å²) in [4.78, 5) is 25.9. The van der Waals surface area contributed by atoms with Gasteiger partial charge in [0.25, 0.3) is 0 Å². The summed E-state index contributed by atoms with van der Waals surface area (Å²) in [5.74, 6) is 0.124. The van der Waals surface area contributed by atoms with Gasteiger partial charge < -0.3 is 9.64 Å². The predicted molar refractivity (Wildman–Crippen MR) is 128 cm³/mol. The number of morpholine rings is 1. The minimum absolute atomic E-state index is 0.124. The molecule has 168 valence electrons. The van der Waals surface area contributed by atoms with Gasteiger partial charge in [-0.3, -0.25) is 14.7 Å². The Labute approximate surface area is 193 Å². The maximum Gasteiger partial charge on any atom is 0.228 e. The molecule has 1 aromatic carbocycles. The van der Waals surface area contributed by atoms with Gasteiger partial charge in [0.15, 0.2) is 0 Å². The van der Waals surface area contributed by atoms with Crippen LogP contribution >= 0.6 is 11.3 Å². The molecule has 1 saturated heterocycles. The zero-order valence-electron chi connectivity index (χ0n) is 18.6. The predicted octanol–water partition coefficient (Wildman–Crippen LogP) is 3.67. The van der Waals surface area contributed by atoms with Crippen molar-refractivity contribution in [1.82, 2.24) is 19.8 Å². The van der Waals surface area contributed by atoms with E-state index >= 15 is 0 Å². The van der Waals surface area contributed by atoms with Crippen molar-refractivity contribution in [3.05, 3.63) is 71.0 Å². The van der Waals surface area contributed by atoms with Crippen molar-refractivity contribution in [2.45, 2.75) is 26.3 Å². The minimum atomic E-state index is 0.124. The minimum Gasteiger partial charge on any atom is -0.379 e. The van der Waals surface area contributed by atoms with Crippen molar-refractivity contribution in [3.63, 3.8) is 0 Å². The van der Waals surface area contributed by atoms with Gasteiger partial charge in [0, 0.05) is 56.1 Å². The second-order valence-electron chi connectivity index (χ2n) is 7.99. The van der Waals surface area contributed by atoms with E-state index in [1.807, 2.05) is 29.3 Å². The van der Waals surface area contributed by atoms with Crippen molar-refractivity contribution < 1.29 is 9.53 Å². The Bertz CT molecular complexity index is 985. The van der Waals surface area contributed by atoms with E-state index in [2.05, 4.69) is 34.1 Å². The summed E-state index contributed by atoms with van der Waals surface area (Å²) >= 11 is 1.60. The summed E-state index contributed by atoms with van der Waals surface area (Å²) < 4.78 is 5.42. The Morgan fingerprint density at radius 1 is 1.09 bits per heavy atom. The van der Waals surface area contributed by atoms with E-state index in [1.54, 1.807) is 23.7 Å². The summed E-state index contributed by atoms with van der Waals surface area (Å²) in [5, 5.41) is 2.97. The first-order chi connectivity index (χ1) is 15.7. The third-order valence-corrected chi connectivity index (χ3v) is 6.69. The number of rotatable bonds is 9. The van der Waals surface area contributed by atoms with Crippen molar-refractivity contribution in [1.29, 1.82) is 0 Å². The number of carbonyl (C=O) groups excluding carboxylic acids is 1. The van der Waals surface area contributed by atoms with Gasteiger partial charge in [-0.15, -0.1) is 11.3 Å². The maximum atomic E-state index is 12.8. The lowest BCUT2D eigenvalue weighted by Gasteiger charge is -2.26. The average molecular weight is 451 g/mol. The van der Waals surface area contributed by atoms with Crippen LogP contribution in [-0.2, 0) is 28.9 Å². The van der Waals surface area contributed by atoms with E-state index in [1.165, 1.54) is 11.1 Å². The first kappa shape index (κ1) is 22.6. The van der Waals surface area contributed by atoms with Crippen LogP contribution in [0.25, 0.3) is 10.6 Å². The van der Waals surface area contributed by atoms with Crippen molar-refractivity contribution in [3.8, 4) is 10.6 Å². The Morgan fingerprint density at radius 2 is 1.84 bits per heavy atom. The quantitative estimate of drug-likeness (QED) is 0.498. The van der Waals surface area contributed by atoms with Gasteiger partial charge in [0.2, 0.25) is 5.91 Å².